The van der Waals surface area contributed by atoms with Gasteiger partial charge in [-0.05, 0) is 49.2 Å². The van der Waals surface area contributed by atoms with Crippen molar-refractivity contribution >= 4 is 28.8 Å². The minimum Gasteiger partial charge on any atom is -0.378 e. The first-order chi connectivity index (χ1) is 12.9. The van der Waals surface area contributed by atoms with Crippen LogP contribution in [0, 0.1) is 13.8 Å². The van der Waals surface area contributed by atoms with E-state index >= 15 is 0 Å². The van der Waals surface area contributed by atoms with Crippen LogP contribution in [0.3, 0.4) is 0 Å². The van der Waals surface area contributed by atoms with Gasteiger partial charge in [-0.25, -0.2) is 9.97 Å². The molecule has 0 aliphatic rings. The molecule has 3 rings (SSSR count). The summed E-state index contributed by atoms with van der Waals surface area (Å²) in [5.41, 5.74) is 5.29. The zero-order chi connectivity index (χ0) is 19.4. The second kappa shape index (κ2) is 7.86. The summed E-state index contributed by atoms with van der Waals surface area (Å²) in [6.07, 6.45) is 3.04. The molecule has 2 N–H and O–H groups in total. The highest BCUT2D eigenvalue weighted by Gasteiger charge is 2.10. The summed E-state index contributed by atoms with van der Waals surface area (Å²) in [4.78, 5) is 22.9. The van der Waals surface area contributed by atoms with Crippen molar-refractivity contribution in [1.82, 2.24) is 9.97 Å². The summed E-state index contributed by atoms with van der Waals surface area (Å²) in [5.74, 6) is 0.304. The summed E-state index contributed by atoms with van der Waals surface area (Å²) >= 11 is 0. The molecule has 0 aliphatic heterocycles. The second-order valence-corrected chi connectivity index (χ2v) is 6.57. The Hall–Kier alpha value is -3.41. The smallest absolute Gasteiger partial charge is 0.275 e. The minimum atomic E-state index is -0.293. The summed E-state index contributed by atoms with van der Waals surface area (Å²) in [6.45, 7) is 4.07. The Morgan fingerprint density at radius 3 is 2.15 bits per heavy atom. The molecule has 27 heavy (non-hydrogen) atoms. The van der Waals surface area contributed by atoms with Crippen molar-refractivity contribution in [3.8, 4) is 0 Å². The average Bonchev–Trinajstić information content (AvgIpc) is 2.66. The SMILES string of the molecule is Cc1cccc(C)c1Nc1cnc(C(=O)Nc2ccc(N(C)C)cc2)cn1. The molecule has 0 bridgehead atoms. The van der Waals surface area contributed by atoms with Gasteiger partial charge in [-0.1, -0.05) is 18.2 Å². The molecular weight excluding hydrogens is 338 g/mol. The first-order valence-corrected chi connectivity index (χ1v) is 8.68. The van der Waals surface area contributed by atoms with E-state index in [1.807, 2.05) is 75.3 Å². The monoisotopic (exact) mass is 361 g/mol. The van der Waals surface area contributed by atoms with Crippen LogP contribution in [0.4, 0.5) is 22.9 Å². The van der Waals surface area contributed by atoms with Crippen molar-refractivity contribution in [2.45, 2.75) is 13.8 Å². The number of carbonyl (C=O) groups excluding carboxylic acids is 1. The molecule has 6 heteroatoms. The number of nitrogens with zero attached hydrogens (tertiary/aromatic N) is 3. The molecule has 0 saturated heterocycles. The van der Waals surface area contributed by atoms with Crippen LogP contribution in [0.15, 0.2) is 54.9 Å². The highest BCUT2D eigenvalue weighted by atomic mass is 16.1. The summed E-state index contributed by atoms with van der Waals surface area (Å²) in [6, 6.07) is 13.7. The fraction of sp³-hybridized carbons (Fsp3) is 0.190. The van der Waals surface area contributed by atoms with Gasteiger partial charge in [0, 0.05) is 31.2 Å². The molecule has 0 aliphatic carbocycles. The van der Waals surface area contributed by atoms with E-state index in [4.69, 9.17) is 0 Å². The summed E-state index contributed by atoms with van der Waals surface area (Å²) in [5, 5.41) is 6.09. The molecule has 1 aromatic heterocycles. The molecule has 0 unspecified atom stereocenters. The van der Waals surface area contributed by atoms with E-state index < -0.39 is 0 Å². The topological polar surface area (TPSA) is 70.2 Å². The number of aromatic nitrogens is 2. The van der Waals surface area contributed by atoms with Gasteiger partial charge in [-0.2, -0.15) is 0 Å². The van der Waals surface area contributed by atoms with Crippen LogP contribution in [0.5, 0.6) is 0 Å². The number of amides is 1. The van der Waals surface area contributed by atoms with Crippen molar-refractivity contribution in [2.24, 2.45) is 0 Å². The zero-order valence-electron chi connectivity index (χ0n) is 15.9. The Labute approximate surface area is 159 Å². The molecule has 6 nitrogen and oxygen atoms in total. The Bertz CT molecular complexity index is 914. The molecule has 2 aromatic carbocycles. The van der Waals surface area contributed by atoms with Crippen LogP contribution in [0.1, 0.15) is 21.6 Å². The maximum atomic E-state index is 12.4. The summed E-state index contributed by atoms with van der Waals surface area (Å²) in [7, 11) is 3.94. The largest absolute Gasteiger partial charge is 0.378 e. The maximum Gasteiger partial charge on any atom is 0.275 e. The molecule has 0 atom stereocenters. The second-order valence-electron chi connectivity index (χ2n) is 6.57. The lowest BCUT2D eigenvalue weighted by Crippen LogP contribution is -2.14. The van der Waals surface area contributed by atoms with Crippen LogP contribution in [-0.4, -0.2) is 30.0 Å². The van der Waals surface area contributed by atoms with E-state index in [1.165, 1.54) is 6.20 Å². The van der Waals surface area contributed by atoms with Crippen LogP contribution in [-0.2, 0) is 0 Å². The summed E-state index contributed by atoms with van der Waals surface area (Å²) < 4.78 is 0. The molecule has 1 heterocycles. The molecule has 1 amide bonds. The number of anilines is 4. The number of nitrogens with one attached hydrogen (secondary N) is 2. The number of carbonyl (C=O) groups is 1. The number of para-hydroxylation sites is 1. The van der Waals surface area contributed by atoms with Crippen molar-refractivity contribution in [3.63, 3.8) is 0 Å². The number of rotatable bonds is 5. The van der Waals surface area contributed by atoms with E-state index in [1.54, 1.807) is 6.20 Å². The minimum absolute atomic E-state index is 0.263. The number of aryl methyl sites for hydroxylation is 2. The van der Waals surface area contributed by atoms with E-state index in [9.17, 15) is 4.79 Å². The Kier molecular flexibility index (Phi) is 5.35. The quantitative estimate of drug-likeness (QED) is 0.714. The van der Waals surface area contributed by atoms with E-state index in [2.05, 4.69) is 20.6 Å². The predicted octanol–water partition coefficient (Wildman–Crippen LogP) is 4.16. The molecule has 0 saturated carbocycles. The van der Waals surface area contributed by atoms with Crippen molar-refractivity contribution < 1.29 is 4.79 Å². The molecule has 0 radical (unpaired) electrons. The third kappa shape index (κ3) is 4.41. The Morgan fingerprint density at radius 1 is 0.926 bits per heavy atom. The van der Waals surface area contributed by atoms with Crippen LogP contribution in [0.2, 0.25) is 0 Å². The lowest BCUT2D eigenvalue weighted by atomic mass is 10.1. The highest BCUT2D eigenvalue weighted by molar-refractivity contribution is 6.02. The van der Waals surface area contributed by atoms with Crippen molar-refractivity contribution in [1.29, 1.82) is 0 Å². The standard InChI is InChI=1S/C21H23N5O/c1-14-6-5-7-15(2)20(14)25-19-13-22-18(12-23-19)21(27)24-16-8-10-17(11-9-16)26(3)4/h5-13H,1-4H3,(H,23,25)(H,24,27). The third-order valence-corrected chi connectivity index (χ3v) is 4.26. The highest BCUT2D eigenvalue weighted by Crippen LogP contribution is 2.23. The Morgan fingerprint density at radius 2 is 1.59 bits per heavy atom. The van der Waals surface area contributed by atoms with Gasteiger partial charge in [-0.15, -0.1) is 0 Å². The fourth-order valence-electron chi connectivity index (χ4n) is 2.69. The van der Waals surface area contributed by atoms with Gasteiger partial charge in [0.2, 0.25) is 0 Å². The molecule has 3 aromatic rings. The molecular formula is C21H23N5O. The first kappa shape index (κ1) is 18.4. The van der Waals surface area contributed by atoms with Crippen molar-refractivity contribution in [3.05, 3.63) is 71.7 Å². The van der Waals surface area contributed by atoms with E-state index in [0.29, 0.717) is 11.5 Å². The number of hydrogen-bond acceptors (Lipinski definition) is 5. The van der Waals surface area contributed by atoms with Gasteiger partial charge in [-0.3, -0.25) is 4.79 Å². The lowest BCUT2D eigenvalue weighted by Gasteiger charge is -2.13. The third-order valence-electron chi connectivity index (χ3n) is 4.26. The van der Waals surface area contributed by atoms with Gasteiger partial charge in [0.15, 0.2) is 0 Å². The maximum absolute atomic E-state index is 12.4. The lowest BCUT2D eigenvalue weighted by molar-refractivity contribution is 0.102. The average molecular weight is 361 g/mol. The number of benzene rings is 2. The van der Waals surface area contributed by atoms with Crippen LogP contribution < -0.4 is 15.5 Å². The predicted molar refractivity (Wildman–Crippen MR) is 110 cm³/mol. The Balaban J connectivity index is 1.68. The van der Waals surface area contributed by atoms with Gasteiger partial charge in [0.1, 0.15) is 11.5 Å². The van der Waals surface area contributed by atoms with Gasteiger partial charge in [0.05, 0.1) is 12.4 Å². The van der Waals surface area contributed by atoms with Gasteiger partial charge < -0.3 is 15.5 Å². The normalized spacial score (nSPS) is 10.4. The van der Waals surface area contributed by atoms with E-state index in [0.717, 1.165) is 22.5 Å². The fourth-order valence-corrected chi connectivity index (χ4v) is 2.69. The van der Waals surface area contributed by atoms with Crippen molar-refractivity contribution in [2.75, 3.05) is 29.6 Å². The zero-order valence-corrected chi connectivity index (χ0v) is 15.9. The number of hydrogen-bond donors (Lipinski definition) is 2. The van der Waals surface area contributed by atoms with Gasteiger partial charge in [0.25, 0.3) is 5.91 Å². The van der Waals surface area contributed by atoms with Gasteiger partial charge >= 0.3 is 0 Å². The first-order valence-electron chi connectivity index (χ1n) is 8.68. The van der Waals surface area contributed by atoms with Crippen LogP contribution in [0.25, 0.3) is 0 Å². The van der Waals surface area contributed by atoms with Crippen LogP contribution >= 0.6 is 0 Å². The molecule has 0 fully saturated rings. The molecule has 0 spiro atoms. The molecule has 138 valence electrons. The van der Waals surface area contributed by atoms with E-state index in [-0.39, 0.29) is 11.6 Å².